The highest BCUT2D eigenvalue weighted by Gasteiger charge is 2.28. The summed E-state index contributed by atoms with van der Waals surface area (Å²) in [5, 5.41) is 3.32. The summed E-state index contributed by atoms with van der Waals surface area (Å²) in [6.07, 6.45) is -3.30. The lowest BCUT2D eigenvalue weighted by atomic mass is 10.4. The lowest BCUT2D eigenvalue weighted by Crippen LogP contribution is -2.19. The van der Waals surface area contributed by atoms with E-state index in [1.165, 1.54) is 0 Å². The van der Waals surface area contributed by atoms with E-state index in [1.807, 2.05) is 0 Å². The fraction of sp³-hybridized carbons (Fsp3) is 0.333. The summed E-state index contributed by atoms with van der Waals surface area (Å²) in [4.78, 5) is 10.4. The molecule has 0 aromatic carbocycles. The highest BCUT2D eigenvalue weighted by molar-refractivity contribution is 5.90. The molecule has 0 bridgehead atoms. The van der Waals surface area contributed by atoms with Gasteiger partial charge in [-0.3, -0.25) is 9.48 Å². The van der Waals surface area contributed by atoms with Gasteiger partial charge in [0.1, 0.15) is 12.2 Å². The molecule has 0 saturated carbocycles. The van der Waals surface area contributed by atoms with Gasteiger partial charge in [-0.15, -0.1) is 0 Å². The Balaban J connectivity index is 2.75. The Morgan fingerprint density at radius 1 is 1.62 bits per heavy atom. The molecule has 0 fully saturated rings. The molecule has 0 unspecified atom stereocenters. The second-order valence-electron chi connectivity index (χ2n) is 2.38. The number of alkyl halides is 3. The Hall–Kier alpha value is -1.53. The number of nitrogens with two attached hydrogens (primary N) is 1. The van der Waals surface area contributed by atoms with Gasteiger partial charge in [0.05, 0.1) is 0 Å². The predicted octanol–water partition coefficient (Wildman–Crippen LogP) is 0.544. The minimum Gasteiger partial charge on any atom is -0.364 e. The zero-order valence-corrected chi connectivity index (χ0v) is 6.38. The molecule has 13 heavy (non-hydrogen) atoms. The van der Waals surface area contributed by atoms with Crippen molar-refractivity contribution in [2.24, 2.45) is 5.73 Å². The molecule has 1 aromatic rings. The summed E-state index contributed by atoms with van der Waals surface area (Å²) in [7, 11) is 0. The van der Waals surface area contributed by atoms with Crippen LogP contribution in [0.25, 0.3) is 0 Å². The van der Waals surface area contributed by atoms with E-state index in [0.717, 1.165) is 12.3 Å². The normalized spacial score (nSPS) is 11.6. The molecule has 0 aliphatic rings. The van der Waals surface area contributed by atoms with Crippen LogP contribution in [-0.2, 0) is 6.54 Å². The molecule has 72 valence electrons. The molecule has 4 nitrogen and oxygen atoms in total. The van der Waals surface area contributed by atoms with Crippen LogP contribution in [0.2, 0.25) is 0 Å². The SMILES string of the molecule is NC(=O)c1ccn(CC(F)(F)F)n1. The average Bonchev–Trinajstić information content (AvgIpc) is 2.31. The van der Waals surface area contributed by atoms with Crippen LogP contribution in [0.3, 0.4) is 0 Å². The number of nitrogens with zero attached hydrogens (tertiary/aromatic N) is 2. The first kappa shape index (κ1) is 9.56. The molecule has 2 N–H and O–H groups in total. The second-order valence-corrected chi connectivity index (χ2v) is 2.38. The first-order valence-electron chi connectivity index (χ1n) is 3.28. The second kappa shape index (κ2) is 3.08. The molecule has 1 heterocycles. The molecule has 0 aliphatic carbocycles. The predicted molar refractivity (Wildman–Crippen MR) is 36.8 cm³/mol. The van der Waals surface area contributed by atoms with Crippen molar-refractivity contribution in [1.29, 1.82) is 0 Å². The van der Waals surface area contributed by atoms with Crippen LogP contribution in [0.5, 0.6) is 0 Å². The molecule has 0 radical (unpaired) electrons. The van der Waals surface area contributed by atoms with Gasteiger partial charge in [-0.25, -0.2) is 0 Å². The Labute approximate surface area is 71.1 Å². The zero-order valence-electron chi connectivity index (χ0n) is 6.38. The van der Waals surface area contributed by atoms with Crippen LogP contribution < -0.4 is 5.73 Å². The largest absolute Gasteiger partial charge is 0.408 e. The number of primary amides is 1. The van der Waals surface area contributed by atoms with Gasteiger partial charge in [0.2, 0.25) is 0 Å². The molecule has 1 aromatic heterocycles. The van der Waals surface area contributed by atoms with Crippen molar-refractivity contribution in [3.8, 4) is 0 Å². The highest BCUT2D eigenvalue weighted by atomic mass is 19.4. The lowest BCUT2D eigenvalue weighted by Gasteiger charge is -2.04. The topological polar surface area (TPSA) is 60.9 Å². The maximum absolute atomic E-state index is 11.8. The van der Waals surface area contributed by atoms with Gasteiger partial charge in [0.15, 0.2) is 0 Å². The van der Waals surface area contributed by atoms with Gasteiger partial charge >= 0.3 is 6.18 Å². The summed E-state index contributed by atoms with van der Waals surface area (Å²) in [5.41, 5.74) is 4.62. The van der Waals surface area contributed by atoms with Gasteiger partial charge < -0.3 is 5.73 Å². The number of amides is 1. The van der Waals surface area contributed by atoms with E-state index < -0.39 is 18.6 Å². The molecule has 1 rings (SSSR count). The Bertz CT molecular complexity index is 317. The summed E-state index contributed by atoms with van der Waals surface area (Å²) in [6.45, 7) is -1.22. The van der Waals surface area contributed by atoms with Crippen LogP contribution in [0.4, 0.5) is 13.2 Å². The first-order valence-corrected chi connectivity index (χ1v) is 3.28. The standard InChI is InChI=1S/C6H6F3N3O/c7-6(8,9)3-12-2-1-4(11-12)5(10)13/h1-2H,3H2,(H2,10,13). The summed E-state index contributed by atoms with van der Waals surface area (Å²) in [6, 6.07) is 1.13. The van der Waals surface area contributed by atoms with Gasteiger partial charge in [0.25, 0.3) is 5.91 Å². The van der Waals surface area contributed by atoms with E-state index in [9.17, 15) is 18.0 Å². The van der Waals surface area contributed by atoms with Crippen LogP contribution in [0, 0.1) is 0 Å². The van der Waals surface area contributed by atoms with Crippen molar-refractivity contribution < 1.29 is 18.0 Å². The first-order chi connectivity index (χ1) is 5.88. The third-order valence-electron chi connectivity index (χ3n) is 1.23. The van der Waals surface area contributed by atoms with E-state index in [0.29, 0.717) is 4.68 Å². The van der Waals surface area contributed by atoms with Crippen LogP contribution in [-0.4, -0.2) is 21.9 Å². The third-order valence-corrected chi connectivity index (χ3v) is 1.23. The summed E-state index contributed by atoms with van der Waals surface area (Å²) < 4.78 is 35.9. The number of aromatic nitrogens is 2. The zero-order chi connectivity index (χ0) is 10.1. The molecular formula is C6H6F3N3O. The smallest absolute Gasteiger partial charge is 0.364 e. The van der Waals surface area contributed by atoms with Gasteiger partial charge in [-0.05, 0) is 6.07 Å². The van der Waals surface area contributed by atoms with E-state index >= 15 is 0 Å². The van der Waals surface area contributed by atoms with Gasteiger partial charge in [0, 0.05) is 6.20 Å². The van der Waals surface area contributed by atoms with E-state index in [2.05, 4.69) is 5.10 Å². The van der Waals surface area contributed by atoms with E-state index in [1.54, 1.807) is 0 Å². The van der Waals surface area contributed by atoms with E-state index in [4.69, 9.17) is 5.73 Å². The molecule has 7 heteroatoms. The van der Waals surface area contributed by atoms with Crippen LogP contribution >= 0.6 is 0 Å². The molecule has 0 aliphatic heterocycles. The third kappa shape index (κ3) is 2.77. The van der Waals surface area contributed by atoms with Crippen molar-refractivity contribution in [3.05, 3.63) is 18.0 Å². The molecule has 1 amide bonds. The average molecular weight is 193 g/mol. The van der Waals surface area contributed by atoms with Crippen LogP contribution in [0.1, 0.15) is 10.5 Å². The number of carbonyl (C=O) groups is 1. The summed E-state index contributed by atoms with van der Waals surface area (Å²) in [5.74, 6) is -0.846. The quantitative estimate of drug-likeness (QED) is 0.745. The van der Waals surface area contributed by atoms with Crippen molar-refractivity contribution in [1.82, 2.24) is 9.78 Å². The monoisotopic (exact) mass is 193 g/mol. The number of halogens is 3. The minimum absolute atomic E-state index is 0.177. The number of rotatable bonds is 2. The highest BCUT2D eigenvalue weighted by Crippen LogP contribution is 2.16. The number of carbonyl (C=O) groups excluding carboxylic acids is 1. The number of hydrogen-bond donors (Lipinski definition) is 1. The lowest BCUT2D eigenvalue weighted by molar-refractivity contribution is -0.142. The van der Waals surface area contributed by atoms with Gasteiger partial charge in [-0.1, -0.05) is 0 Å². The maximum atomic E-state index is 11.8. The minimum atomic E-state index is -4.35. The maximum Gasteiger partial charge on any atom is 0.408 e. The Morgan fingerprint density at radius 2 is 2.23 bits per heavy atom. The Morgan fingerprint density at radius 3 is 2.62 bits per heavy atom. The van der Waals surface area contributed by atoms with Gasteiger partial charge in [-0.2, -0.15) is 18.3 Å². The van der Waals surface area contributed by atoms with Crippen molar-refractivity contribution in [2.75, 3.05) is 0 Å². The molecule has 0 atom stereocenters. The fourth-order valence-electron chi connectivity index (χ4n) is 0.765. The van der Waals surface area contributed by atoms with Crippen molar-refractivity contribution in [2.45, 2.75) is 12.7 Å². The van der Waals surface area contributed by atoms with E-state index in [-0.39, 0.29) is 5.69 Å². The van der Waals surface area contributed by atoms with Crippen molar-refractivity contribution >= 4 is 5.91 Å². The number of hydrogen-bond acceptors (Lipinski definition) is 2. The summed E-state index contributed by atoms with van der Waals surface area (Å²) >= 11 is 0. The van der Waals surface area contributed by atoms with Crippen LogP contribution in [0.15, 0.2) is 12.3 Å². The molecular weight excluding hydrogens is 187 g/mol. The fourth-order valence-corrected chi connectivity index (χ4v) is 0.765. The Kier molecular flexibility index (Phi) is 2.26. The molecule has 0 spiro atoms. The van der Waals surface area contributed by atoms with Crippen molar-refractivity contribution in [3.63, 3.8) is 0 Å². The molecule has 0 saturated heterocycles.